The molecular weight excluding hydrogens is 384 g/mol. The highest BCUT2D eigenvalue weighted by atomic mass is 16.5. The summed E-state index contributed by atoms with van der Waals surface area (Å²) in [4.78, 5) is 38.8. The normalized spacial score (nSPS) is 14.6. The Kier molecular flexibility index (Phi) is 7.80. The van der Waals surface area contributed by atoms with E-state index in [0.29, 0.717) is 17.7 Å². The summed E-state index contributed by atoms with van der Waals surface area (Å²) in [6.07, 6.45) is 6.24. The molecule has 1 aromatic rings. The van der Waals surface area contributed by atoms with Gasteiger partial charge in [0, 0.05) is 25.2 Å². The first-order valence-corrected chi connectivity index (χ1v) is 9.98. The van der Waals surface area contributed by atoms with Gasteiger partial charge in [-0.25, -0.2) is 4.79 Å². The zero-order chi connectivity index (χ0) is 22.3. The molecule has 0 spiro atoms. The molecule has 0 saturated heterocycles. The second kappa shape index (κ2) is 10.1. The van der Waals surface area contributed by atoms with E-state index in [1.165, 1.54) is 0 Å². The van der Waals surface area contributed by atoms with Crippen molar-refractivity contribution >= 4 is 17.8 Å². The molecule has 30 heavy (non-hydrogen) atoms. The minimum atomic E-state index is -0.822. The van der Waals surface area contributed by atoms with Gasteiger partial charge in [-0.15, -0.1) is 0 Å². The van der Waals surface area contributed by atoms with Crippen LogP contribution < -0.4 is 10.1 Å². The lowest BCUT2D eigenvalue weighted by Crippen LogP contribution is -2.44. The topological polar surface area (TPSA) is 84.9 Å². The molecule has 162 valence electrons. The van der Waals surface area contributed by atoms with Gasteiger partial charge in [-0.05, 0) is 58.0 Å². The van der Waals surface area contributed by atoms with Crippen molar-refractivity contribution in [1.29, 1.82) is 0 Å². The van der Waals surface area contributed by atoms with E-state index in [-0.39, 0.29) is 24.9 Å². The molecule has 1 heterocycles. The number of esters is 2. The zero-order valence-electron chi connectivity index (χ0n) is 18.2. The van der Waals surface area contributed by atoms with Crippen molar-refractivity contribution in [3.63, 3.8) is 0 Å². The minimum Gasteiger partial charge on any atom is -0.464 e. The molecule has 1 amide bonds. The van der Waals surface area contributed by atoms with Gasteiger partial charge in [0.1, 0.15) is 11.8 Å². The van der Waals surface area contributed by atoms with E-state index in [9.17, 15) is 14.4 Å². The maximum atomic E-state index is 12.6. The van der Waals surface area contributed by atoms with Crippen LogP contribution in [-0.2, 0) is 25.5 Å². The van der Waals surface area contributed by atoms with E-state index in [0.717, 1.165) is 5.56 Å². The fourth-order valence-electron chi connectivity index (χ4n) is 2.72. The Bertz CT molecular complexity index is 834. The van der Waals surface area contributed by atoms with Gasteiger partial charge in [0.05, 0.1) is 12.0 Å². The van der Waals surface area contributed by atoms with E-state index in [2.05, 4.69) is 5.32 Å². The number of nitrogens with one attached hydrogen (secondary N) is 1. The molecule has 0 fully saturated rings. The number of carbonyl (C=O) groups excluding carboxylic acids is 3. The summed E-state index contributed by atoms with van der Waals surface area (Å²) in [7, 11) is 1.83. The molecule has 1 unspecified atom stereocenters. The van der Waals surface area contributed by atoms with Crippen LogP contribution in [0.3, 0.4) is 0 Å². The first-order chi connectivity index (χ1) is 14.1. The highest BCUT2D eigenvalue weighted by molar-refractivity contribution is 5.96. The molecule has 7 nitrogen and oxygen atoms in total. The summed E-state index contributed by atoms with van der Waals surface area (Å²) in [5, 5.41) is 2.78. The van der Waals surface area contributed by atoms with Crippen LogP contribution in [0.4, 0.5) is 0 Å². The van der Waals surface area contributed by atoms with Crippen LogP contribution in [0.15, 0.2) is 48.3 Å². The van der Waals surface area contributed by atoms with E-state index < -0.39 is 17.4 Å². The van der Waals surface area contributed by atoms with E-state index >= 15 is 0 Å². The monoisotopic (exact) mass is 414 g/mol. The van der Waals surface area contributed by atoms with E-state index in [1.807, 2.05) is 19.3 Å². The summed E-state index contributed by atoms with van der Waals surface area (Å²) in [6.45, 7) is 7.29. The van der Waals surface area contributed by atoms with Crippen LogP contribution in [-0.4, -0.2) is 42.4 Å². The maximum Gasteiger partial charge on any atom is 0.328 e. The Labute approximate surface area is 177 Å². The smallest absolute Gasteiger partial charge is 0.328 e. The summed E-state index contributed by atoms with van der Waals surface area (Å²) in [6, 6.07) is 6.05. The first kappa shape index (κ1) is 23.2. The van der Waals surface area contributed by atoms with Gasteiger partial charge >= 0.3 is 11.9 Å². The summed E-state index contributed by atoms with van der Waals surface area (Å²) >= 11 is 0. The minimum absolute atomic E-state index is 0.223. The Hall–Kier alpha value is -3.09. The van der Waals surface area contributed by atoms with Crippen molar-refractivity contribution < 1.29 is 23.9 Å². The van der Waals surface area contributed by atoms with Crippen molar-refractivity contribution in [1.82, 2.24) is 10.2 Å². The second-order valence-corrected chi connectivity index (χ2v) is 8.17. The van der Waals surface area contributed by atoms with Crippen LogP contribution >= 0.6 is 0 Å². The lowest BCUT2D eigenvalue weighted by molar-refractivity contribution is -0.147. The van der Waals surface area contributed by atoms with Crippen LogP contribution in [0, 0.1) is 5.41 Å². The maximum absolute atomic E-state index is 12.6. The van der Waals surface area contributed by atoms with E-state index in [4.69, 9.17) is 9.47 Å². The molecule has 0 aromatic heterocycles. The summed E-state index contributed by atoms with van der Waals surface area (Å²) in [5.74, 6) is -0.696. The highest BCUT2D eigenvalue weighted by Crippen LogP contribution is 2.20. The summed E-state index contributed by atoms with van der Waals surface area (Å²) < 4.78 is 10.5. The number of amides is 1. The molecule has 0 bridgehead atoms. The number of carbonyl (C=O) groups is 3. The van der Waals surface area contributed by atoms with Crippen molar-refractivity contribution in [3.8, 4) is 5.75 Å². The number of hydrogen-bond donors (Lipinski definition) is 1. The molecule has 0 radical (unpaired) electrons. The molecule has 1 aromatic carbocycles. The zero-order valence-corrected chi connectivity index (χ0v) is 18.2. The third-order valence-corrected chi connectivity index (χ3v) is 4.39. The standard InChI is InChI=1S/C23H30N2O5/c1-6-29-21(27)19(24-20(26)17-8-7-13-25(5)15-17)14-16-9-11-18(12-10-16)30-22(28)23(2,3)4/h7,9-13,15,19H,6,8,14H2,1-5H3,(H,24,26). The van der Waals surface area contributed by atoms with Gasteiger partial charge < -0.3 is 19.7 Å². The number of rotatable bonds is 7. The molecule has 1 aliphatic rings. The quantitative estimate of drug-likeness (QED) is 0.545. The van der Waals surface area contributed by atoms with Gasteiger partial charge in [-0.1, -0.05) is 18.2 Å². The molecule has 2 rings (SSSR count). The van der Waals surface area contributed by atoms with Gasteiger partial charge in [-0.3, -0.25) is 9.59 Å². The molecule has 1 aliphatic heterocycles. The molecule has 1 N–H and O–H groups in total. The fraction of sp³-hybridized carbons (Fsp3) is 0.435. The number of ether oxygens (including phenoxy) is 2. The lowest BCUT2D eigenvalue weighted by atomic mass is 9.97. The molecule has 1 atom stereocenters. The Balaban J connectivity index is 2.08. The average Bonchev–Trinajstić information content (AvgIpc) is 2.68. The van der Waals surface area contributed by atoms with Gasteiger partial charge in [0.25, 0.3) is 0 Å². The number of nitrogens with zero attached hydrogens (tertiary/aromatic N) is 1. The fourth-order valence-corrected chi connectivity index (χ4v) is 2.72. The Morgan fingerprint density at radius 3 is 2.40 bits per heavy atom. The largest absolute Gasteiger partial charge is 0.464 e. The number of benzene rings is 1. The first-order valence-electron chi connectivity index (χ1n) is 9.98. The predicted molar refractivity (Wildman–Crippen MR) is 113 cm³/mol. The average molecular weight is 415 g/mol. The van der Waals surface area contributed by atoms with Crippen LogP contribution in [0.25, 0.3) is 0 Å². The number of hydrogen-bond acceptors (Lipinski definition) is 6. The number of allylic oxidation sites excluding steroid dienone is 1. The summed E-state index contributed by atoms with van der Waals surface area (Å²) in [5.41, 5.74) is 0.770. The SMILES string of the molecule is CCOC(=O)C(Cc1ccc(OC(=O)C(C)(C)C)cc1)NC(=O)C1=CN(C)C=CC1. The van der Waals surface area contributed by atoms with Crippen LogP contribution in [0.2, 0.25) is 0 Å². The van der Waals surface area contributed by atoms with Crippen molar-refractivity contribution in [2.24, 2.45) is 5.41 Å². The molecular formula is C23H30N2O5. The van der Waals surface area contributed by atoms with Crippen LogP contribution in [0.1, 0.15) is 39.7 Å². The van der Waals surface area contributed by atoms with Crippen molar-refractivity contribution in [3.05, 3.63) is 53.9 Å². The van der Waals surface area contributed by atoms with Gasteiger partial charge in [0.2, 0.25) is 5.91 Å². The lowest BCUT2D eigenvalue weighted by Gasteiger charge is -2.21. The molecule has 0 aliphatic carbocycles. The van der Waals surface area contributed by atoms with Crippen LogP contribution in [0.5, 0.6) is 5.75 Å². The second-order valence-electron chi connectivity index (χ2n) is 8.17. The molecule has 7 heteroatoms. The van der Waals surface area contributed by atoms with Crippen molar-refractivity contribution in [2.45, 2.75) is 46.6 Å². The highest BCUT2D eigenvalue weighted by Gasteiger charge is 2.25. The third-order valence-electron chi connectivity index (χ3n) is 4.39. The van der Waals surface area contributed by atoms with Gasteiger partial charge in [0.15, 0.2) is 0 Å². The third kappa shape index (κ3) is 6.76. The van der Waals surface area contributed by atoms with Gasteiger partial charge in [-0.2, -0.15) is 0 Å². The predicted octanol–water partition coefficient (Wildman–Crippen LogP) is 2.96. The Morgan fingerprint density at radius 1 is 1.17 bits per heavy atom. The van der Waals surface area contributed by atoms with Crippen molar-refractivity contribution in [2.75, 3.05) is 13.7 Å². The molecule has 0 saturated carbocycles. The van der Waals surface area contributed by atoms with E-state index in [1.54, 1.807) is 63.1 Å². The Morgan fingerprint density at radius 2 is 1.83 bits per heavy atom.